The van der Waals surface area contributed by atoms with Crippen molar-refractivity contribution in [1.29, 1.82) is 5.26 Å². The Morgan fingerprint density at radius 2 is 1.80 bits per heavy atom. The summed E-state index contributed by atoms with van der Waals surface area (Å²) in [5.41, 5.74) is 0.756. The van der Waals surface area contributed by atoms with Gasteiger partial charge in [0.1, 0.15) is 6.04 Å². The van der Waals surface area contributed by atoms with Crippen molar-refractivity contribution in [3.63, 3.8) is 0 Å². The van der Waals surface area contributed by atoms with Gasteiger partial charge in [-0.1, -0.05) is 0 Å². The van der Waals surface area contributed by atoms with Crippen LogP contribution in [0.1, 0.15) is 12.0 Å². The number of carbonyl (C=O) groups excluding carboxylic acids is 1. The largest absolute Gasteiger partial charge is 0.481 e. The molecule has 0 aliphatic carbocycles. The summed E-state index contributed by atoms with van der Waals surface area (Å²) in [6, 6.07) is 5.41. The van der Waals surface area contributed by atoms with Crippen molar-refractivity contribution in [2.75, 3.05) is 5.32 Å². The lowest BCUT2D eigenvalue weighted by molar-refractivity contribution is -0.145. The van der Waals surface area contributed by atoms with Crippen LogP contribution in [-0.4, -0.2) is 34.2 Å². The number of carbonyl (C=O) groups is 3. The number of nitrogens with one attached hydrogen (secondary N) is 2. The molecule has 0 aromatic heterocycles. The van der Waals surface area contributed by atoms with Crippen molar-refractivity contribution >= 4 is 23.7 Å². The lowest BCUT2D eigenvalue weighted by atomic mass is 10.2. The van der Waals surface area contributed by atoms with Crippen LogP contribution < -0.4 is 10.6 Å². The molecule has 0 unspecified atom stereocenters. The zero-order chi connectivity index (χ0) is 15.1. The Hall–Kier alpha value is -3.08. The molecule has 1 aromatic rings. The van der Waals surface area contributed by atoms with Crippen molar-refractivity contribution < 1.29 is 24.6 Å². The van der Waals surface area contributed by atoms with Gasteiger partial charge in [-0.2, -0.15) is 5.26 Å². The first-order valence-corrected chi connectivity index (χ1v) is 5.44. The molecule has 1 rings (SSSR count). The van der Waals surface area contributed by atoms with E-state index >= 15 is 0 Å². The second-order valence-electron chi connectivity index (χ2n) is 3.78. The van der Waals surface area contributed by atoms with E-state index in [1.807, 2.05) is 11.4 Å². The Kier molecular flexibility index (Phi) is 5.05. The molecule has 20 heavy (non-hydrogen) atoms. The molecule has 2 amide bonds. The van der Waals surface area contributed by atoms with Crippen LogP contribution in [0.4, 0.5) is 10.5 Å². The highest BCUT2D eigenvalue weighted by atomic mass is 16.4. The summed E-state index contributed by atoms with van der Waals surface area (Å²) in [6.45, 7) is 0. The predicted octanol–water partition coefficient (Wildman–Crippen LogP) is 0.608. The number of urea groups is 1. The molecule has 4 N–H and O–H groups in total. The molecule has 0 radical (unpaired) electrons. The Labute approximate surface area is 113 Å². The minimum Gasteiger partial charge on any atom is -0.481 e. The number of rotatable bonds is 5. The first kappa shape index (κ1) is 15.0. The maximum absolute atomic E-state index is 11.5. The first-order valence-electron chi connectivity index (χ1n) is 5.44. The minimum atomic E-state index is -1.52. The van der Waals surface area contributed by atoms with E-state index < -0.39 is 30.4 Å². The third-order valence-electron chi connectivity index (χ3n) is 2.25. The summed E-state index contributed by atoms with van der Waals surface area (Å²) in [4.78, 5) is 32.7. The number of carboxylic acids is 2. The zero-order valence-electron chi connectivity index (χ0n) is 10.2. The third-order valence-corrected chi connectivity index (χ3v) is 2.25. The van der Waals surface area contributed by atoms with Gasteiger partial charge in [-0.25, -0.2) is 9.59 Å². The smallest absolute Gasteiger partial charge is 0.326 e. The number of hydrogen-bond donors (Lipinski definition) is 4. The summed E-state index contributed by atoms with van der Waals surface area (Å²) in [5, 5.41) is 30.3. The fraction of sp³-hybridized carbons (Fsp3) is 0.167. The molecule has 0 fully saturated rings. The quantitative estimate of drug-likeness (QED) is 0.621. The van der Waals surface area contributed by atoms with Gasteiger partial charge in [0.05, 0.1) is 18.1 Å². The molecule has 8 heteroatoms. The van der Waals surface area contributed by atoms with Gasteiger partial charge in [0.25, 0.3) is 0 Å². The maximum atomic E-state index is 11.5. The van der Waals surface area contributed by atoms with Gasteiger partial charge in [0.15, 0.2) is 0 Å². The highest BCUT2D eigenvalue weighted by molar-refractivity contribution is 5.93. The second kappa shape index (κ2) is 6.75. The van der Waals surface area contributed by atoms with E-state index in [1.165, 1.54) is 24.3 Å². The molecule has 0 aliphatic rings. The highest BCUT2D eigenvalue weighted by Crippen LogP contribution is 2.08. The van der Waals surface area contributed by atoms with Crippen LogP contribution in [-0.2, 0) is 9.59 Å². The average molecular weight is 277 g/mol. The van der Waals surface area contributed by atoms with Gasteiger partial charge in [-0.05, 0) is 24.3 Å². The van der Waals surface area contributed by atoms with Crippen LogP contribution in [0.15, 0.2) is 24.3 Å². The summed E-state index contributed by atoms with van der Waals surface area (Å²) in [6.07, 6.45) is -0.726. The number of nitrogens with zero attached hydrogens (tertiary/aromatic N) is 1. The van der Waals surface area contributed by atoms with Gasteiger partial charge in [0.2, 0.25) is 0 Å². The SMILES string of the molecule is N#Cc1ccc(NC(=O)N[C@@H](CC(=O)O)C(=O)O)cc1. The highest BCUT2D eigenvalue weighted by Gasteiger charge is 2.22. The summed E-state index contributed by atoms with van der Waals surface area (Å²) in [5.74, 6) is -2.78. The second-order valence-corrected chi connectivity index (χ2v) is 3.78. The molecule has 0 heterocycles. The van der Waals surface area contributed by atoms with E-state index in [0.29, 0.717) is 11.3 Å². The summed E-state index contributed by atoms with van der Waals surface area (Å²) < 4.78 is 0. The molecule has 0 spiro atoms. The molecule has 1 atom stereocenters. The molecule has 0 aliphatic heterocycles. The zero-order valence-corrected chi connectivity index (χ0v) is 10.2. The molecule has 0 saturated carbocycles. The predicted molar refractivity (Wildman–Crippen MR) is 67.0 cm³/mol. The van der Waals surface area contributed by atoms with Gasteiger partial charge in [-0.15, -0.1) is 0 Å². The third kappa shape index (κ3) is 4.66. The lowest BCUT2D eigenvalue weighted by Crippen LogP contribution is -2.44. The van der Waals surface area contributed by atoms with Gasteiger partial charge >= 0.3 is 18.0 Å². The Morgan fingerprint density at radius 1 is 1.20 bits per heavy atom. The molecular weight excluding hydrogens is 266 g/mol. The molecule has 0 saturated heterocycles. The van der Waals surface area contributed by atoms with Gasteiger partial charge < -0.3 is 20.8 Å². The van der Waals surface area contributed by atoms with Crippen molar-refractivity contribution in [2.45, 2.75) is 12.5 Å². The van der Waals surface area contributed by atoms with E-state index in [4.69, 9.17) is 15.5 Å². The number of anilines is 1. The van der Waals surface area contributed by atoms with E-state index in [1.54, 1.807) is 0 Å². The van der Waals surface area contributed by atoms with Crippen LogP contribution in [0.25, 0.3) is 0 Å². The minimum absolute atomic E-state index is 0.348. The fourth-order valence-electron chi connectivity index (χ4n) is 1.33. The topological polar surface area (TPSA) is 140 Å². The lowest BCUT2D eigenvalue weighted by Gasteiger charge is -2.13. The van der Waals surface area contributed by atoms with Crippen LogP contribution in [0.2, 0.25) is 0 Å². The molecule has 1 aromatic carbocycles. The number of amides is 2. The van der Waals surface area contributed by atoms with Crippen molar-refractivity contribution in [3.8, 4) is 6.07 Å². The van der Waals surface area contributed by atoms with Crippen LogP contribution in [0.5, 0.6) is 0 Å². The number of nitriles is 1. The van der Waals surface area contributed by atoms with Gasteiger partial charge in [-0.3, -0.25) is 4.79 Å². The van der Waals surface area contributed by atoms with E-state index in [0.717, 1.165) is 0 Å². The molecule has 0 bridgehead atoms. The monoisotopic (exact) mass is 277 g/mol. The van der Waals surface area contributed by atoms with Gasteiger partial charge in [0, 0.05) is 5.69 Å². The number of carboxylic acid groups (broad SMARTS) is 2. The van der Waals surface area contributed by atoms with Crippen LogP contribution in [0, 0.1) is 11.3 Å². The van der Waals surface area contributed by atoms with Crippen molar-refractivity contribution in [2.24, 2.45) is 0 Å². The molecule has 104 valence electrons. The Balaban J connectivity index is 2.63. The number of hydrogen-bond acceptors (Lipinski definition) is 4. The summed E-state index contributed by atoms with van der Waals surface area (Å²) in [7, 11) is 0. The average Bonchev–Trinajstić information content (AvgIpc) is 2.38. The number of benzene rings is 1. The normalized spacial score (nSPS) is 10.9. The van der Waals surface area contributed by atoms with Crippen molar-refractivity contribution in [3.05, 3.63) is 29.8 Å². The van der Waals surface area contributed by atoms with E-state index in [-0.39, 0.29) is 0 Å². The van der Waals surface area contributed by atoms with E-state index in [2.05, 4.69) is 5.32 Å². The number of aliphatic carboxylic acids is 2. The molecular formula is C12H11N3O5. The fourth-order valence-corrected chi connectivity index (χ4v) is 1.33. The summed E-state index contributed by atoms with van der Waals surface area (Å²) >= 11 is 0. The van der Waals surface area contributed by atoms with Crippen molar-refractivity contribution in [1.82, 2.24) is 5.32 Å². The molecule has 8 nitrogen and oxygen atoms in total. The van der Waals surface area contributed by atoms with Crippen LogP contribution in [0.3, 0.4) is 0 Å². The Morgan fingerprint density at radius 3 is 2.25 bits per heavy atom. The first-order chi connectivity index (χ1) is 9.42. The maximum Gasteiger partial charge on any atom is 0.326 e. The standard InChI is InChI=1S/C12H11N3O5/c13-6-7-1-3-8(4-2-7)14-12(20)15-9(11(18)19)5-10(16)17/h1-4,9H,5H2,(H,16,17)(H,18,19)(H2,14,15,20)/t9-/m0/s1. The van der Waals surface area contributed by atoms with Crippen LogP contribution >= 0.6 is 0 Å². The Bertz CT molecular complexity index is 561. The van der Waals surface area contributed by atoms with E-state index in [9.17, 15) is 14.4 Å².